The van der Waals surface area contributed by atoms with Gasteiger partial charge in [0.05, 0.1) is 25.3 Å². The van der Waals surface area contributed by atoms with Gasteiger partial charge in [0.1, 0.15) is 0 Å². The van der Waals surface area contributed by atoms with E-state index in [2.05, 4.69) is 19.9 Å². The van der Waals surface area contributed by atoms with Gasteiger partial charge in [0.2, 0.25) is 0 Å². The van der Waals surface area contributed by atoms with Crippen LogP contribution in [0.4, 0.5) is 0 Å². The Morgan fingerprint density at radius 2 is 0.773 bits per heavy atom. The van der Waals surface area contributed by atoms with Gasteiger partial charge >= 0.3 is 34.0 Å². The van der Waals surface area contributed by atoms with Gasteiger partial charge in [-0.2, -0.15) is 0 Å². The molecule has 0 saturated carbocycles. The molecule has 0 N–H and O–H groups in total. The molecule has 0 aliphatic rings. The molecule has 4 rings (SSSR count). The fourth-order valence-corrected chi connectivity index (χ4v) is 2.82. The third-order valence-electron chi connectivity index (χ3n) is 3.70. The van der Waals surface area contributed by atoms with Crippen LogP contribution in [-0.2, 0) is 0 Å². The van der Waals surface area contributed by atoms with E-state index in [9.17, 15) is 0 Å². The molecule has 0 aliphatic heterocycles. The van der Waals surface area contributed by atoms with Crippen molar-refractivity contribution in [1.29, 1.82) is 0 Å². The maximum absolute atomic E-state index is 4.20. The first-order valence-corrected chi connectivity index (χ1v) is 6.50. The van der Waals surface area contributed by atoms with Crippen molar-refractivity contribution >= 4 is 34.0 Å². The van der Waals surface area contributed by atoms with Crippen molar-refractivity contribution in [3.63, 3.8) is 0 Å². The molecule has 106 valence electrons. The van der Waals surface area contributed by atoms with Crippen LogP contribution in [0.2, 0.25) is 0 Å². The number of rotatable bonds is 4. The predicted molar refractivity (Wildman–Crippen MR) is 82.0 cm³/mol. The molecule has 0 aliphatic carbocycles. The zero-order valence-electron chi connectivity index (χ0n) is 11.7. The first-order chi connectivity index (χ1) is 10.4. The van der Waals surface area contributed by atoms with E-state index in [-0.39, 0.29) is 27.3 Å². The average molecular weight is 483 g/mol. The minimum atomic E-state index is -1.64. The van der Waals surface area contributed by atoms with E-state index < -0.39 is 6.69 Å². The van der Waals surface area contributed by atoms with Crippen LogP contribution in [0.1, 0.15) is 0 Å². The molecule has 4 heterocycles. The van der Waals surface area contributed by atoms with Crippen molar-refractivity contribution in [1.82, 2.24) is 37.8 Å². The quantitative estimate of drug-likeness (QED) is 0.384. The predicted octanol–water partition coefficient (Wildman–Crippen LogP) is 0.0204. The van der Waals surface area contributed by atoms with E-state index in [1.807, 2.05) is 42.7 Å². The molecule has 4 aromatic rings. The zero-order chi connectivity index (χ0) is 14.1. The topological polar surface area (TPSA) is 71.3 Å². The van der Waals surface area contributed by atoms with Crippen molar-refractivity contribution in [2.24, 2.45) is 0 Å². The van der Waals surface area contributed by atoms with Crippen LogP contribution in [-0.4, -0.2) is 71.8 Å². The van der Waals surface area contributed by atoms with Crippen molar-refractivity contribution < 1.29 is 0 Å². The summed E-state index contributed by atoms with van der Waals surface area (Å²) in [6.45, 7) is -1.64. The standard InChI is InChI=1S/C12H12BN8.Tl/c1-5-18(9-14-1)13(19-6-2-15-10-19,20-7-3-16-11-20)21-8-4-17-12-21;/h1-12H;/q-1;+1. The zero-order valence-corrected chi connectivity index (χ0v) is 16.1. The molecular formula is C12H12BN8Tl. The van der Waals surface area contributed by atoms with Crippen LogP contribution in [0.15, 0.2) is 74.9 Å². The molecule has 0 saturated heterocycles. The van der Waals surface area contributed by atoms with E-state index in [4.69, 9.17) is 0 Å². The number of hydrogen-bond acceptors (Lipinski definition) is 4. The maximum Gasteiger partial charge on any atom is 1.00 e. The first-order valence-electron chi connectivity index (χ1n) is 6.50. The van der Waals surface area contributed by atoms with Gasteiger partial charge in [-0.15, -0.1) is 0 Å². The molecule has 22 heavy (non-hydrogen) atoms. The van der Waals surface area contributed by atoms with E-state index >= 15 is 0 Å². The van der Waals surface area contributed by atoms with Crippen LogP contribution in [0, 0.1) is 0 Å². The van der Waals surface area contributed by atoms with Gasteiger partial charge in [-0.3, -0.25) is 0 Å². The first kappa shape index (κ1) is 14.8. The SMILES string of the molecule is [Tl+].c1cn([B-](n2ccnc2)(n2ccnc2)n2ccnc2)cn1. The van der Waals surface area contributed by atoms with Crippen LogP contribution < -0.4 is 0 Å². The third kappa shape index (κ3) is 2.03. The van der Waals surface area contributed by atoms with Crippen LogP contribution in [0.5, 0.6) is 0 Å². The number of imidazole rings is 4. The van der Waals surface area contributed by atoms with Crippen LogP contribution in [0.25, 0.3) is 0 Å². The van der Waals surface area contributed by atoms with Crippen molar-refractivity contribution in [3.05, 3.63) is 74.9 Å². The van der Waals surface area contributed by atoms with Gasteiger partial charge in [0.15, 0.2) is 0 Å². The molecule has 0 aromatic carbocycles. The molecule has 0 bridgehead atoms. The summed E-state index contributed by atoms with van der Waals surface area (Å²) in [4.78, 5) is 16.8. The normalized spacial score (nSPS) is 11.3. The van der Waals surface area contributed by atoms with E-state index in [1.54, 1.807) is 50.1 Å². The third-order valence-corrected chi connectivity index (χ3v) is 3.70. The number of hydrogen-bond donors (Lipinski definition) is 0. The van der Waals surface area contributed by atoms with E-state index in [1.165, 1.54) is 0 Å². The maximum atomic E-state index is 4.20. The molecule has 0 radical (unpaired) electrons. The molecule has 0 fully saturated rings. The summed E-state index contributed by atoms with van der Waals surface area (Å²) < 4.78 is 8.08. The van der Waals surface area contributed by atoms with Gasteiger partial charge in [0.25, 0.3) is 0 Å². The summed E-state index contributed by atoms with van der Waals surface area (Å²) >= 11 is 0. The summed E-state index contributed by atoms with van der Waals surface area (Å²) in [5.41, 5.74) is 0. The van der Waals surface area contributed by atoms with Gasteiger partial charge in [-0.05, 0) is 24.8 Å². The van der Waals surface area contributed by atoms with Crippen LogP contribution >= 0.6 is 0 Å². The second kappa shape index (κ2) is 5.91. The summed E-state index contributed by atoms with van der Waals surface area (Å²) in [5.74, 6) is 0. The molecule has 0 amide bonds. The molecule has 10 heteroatoms. The Bertz CT molecular complexity index is 649. The van der Waals surface area contributed by atoms with Gasteiger partial charge in [-0.1, -0.05) is 0 Å². The summed E-state index contributed by atoms with van der Waals surface area (Å²) in [5, 5.41) is 0. The molecule has 0 unspecified atom stereocenters. The Morgan fingerprint density at radius 1 is 0.500 bits per heavy atom. The Hall–Kier alpha value is -2.17. The van der Waals surface area contributed by atoms with E-state index in [0.29, 0.717) is 0 Å². The minimum absolute atomic E-state index is 0. The summed E-state index contributed by atoms with van der Waals surface area (Å²) in [7, 11) is 0. The Balaban J connectivity index is 0.00000144. The minimum Gasteiger partial charge on any atom is -0.455 e. The van der Waals surface area contributed by atoms with Gasteiger partial charge in [0, 0.05) is 24.8 Å². The fraction of sp³-hybridized carbons (Fsp3) is 0. The van der Waals surface area contributed by atoms with Gasteiger partial charge < -0.3 is 17.9 Å². The molecule has 0 spiro atoms. The molecular weight excluding hydrogens is 471 g/mol. The van der Waals surface area contributed by atoms with Gasteiger partial charge in [-0.25, -0.2) is 19.9 Å². The van der Waals surface area contributed by atoms with E-state index in [0.717, 1.165) is 0 Å². The Kier molecular flexibility index (Phi) is 3.96. The summed E-state index contributed by atoms with van der Waals surface area (Å²) in [6, 6.07) is 0. The Morgan fingerprint density at radius 3 is 0.955 bits per heavy atom. The van der Waals surface area contributed by atoms with Crippen LogP contribution in [0.3, 0.4) is 0 Å². The molecule has 4 aromatic heterocycles. The monoisotopic (exact) mass is 484 g/mol. The van der Waals surface area contributed by atoms with Crippen molar-refractivity contribution in [2.45, 2.75) is 0 Å². The second-order valence-corrected chi connectivity index (χ2v) is 4.73. The number of aromatic nitrogens is 8. The average Bonchev–Trinajstić information content (AvgIpc) is 3.32. The Labute approximate surface area is 146 Å². The molecule has 0 atom stereocenters. The summed E-state index contributed by atoms with van der Waals surface area (Å²) in [6.07, 6.45) is 21.8. The smallest absolute Gasteiger partial charge is 0.455 e. The fourth-order valence-electron chi connectivity index (χ4n) is 2.82. The second-order valence-electron chi connectivity index (χ2n) is 4.73. The van der Waals surface area contributed by atoms with Crippen molar-refractivity contribution in [2.75, 3.05) is 0 Å². The largest absolute Gasteiger partial charge is 1.00 e. The molecule has 8 nitrogen and oxygen atoms in total. The van der Waals surface area contributed by atoms with Crippen molar-refractivity contribution in [3.8, 4) is 0 Å². The number of nitrogens with zero attached hydrogens (tertiary/aromatic N) is 8.